The van der Waals surface area contributed by atoms with Crippen LogP contribution in [0.4, 0.5) is 11.4 Å². The Hall–Kier alpha value is -1.55. The van der Waals surface area contributed by atoms with E-state index < -0.39 is 0 Å². The molecular weight excluding hydrogens is 264 g/mol. The summed E-state index contributed by atoms with van der Waals surface area (Å²) < 4.78 is 0. The molecule has 1 aromatic rings. The van der Waals surface area contributed by atoms with Crippen molar-refractivity contribution in [3.8, 4) is 0 Å². The zero-order chi connectivity index (χ0) is 14.4. The summed E-state index contributed by atoms with van der Waals surface area (Å²) in [7, 11) is 0. The first kappa shape index (κ1) is 15.5. The minimum absolute atomic E-state index is 0.0372. The monoisotopic (exact) mass is 282 g/mol. The molecule has 5 heteroatoms. The summed E-state index contributed by atoms with van der Waals surface area (Å²) in [6, 6.07) is 5.00. The Balaban J connectivity index is 2.68. The van der Waals surface area contributed by atoms with Crippen LogP contribution in [0.15, 0.2) is 18.2 Å². The van der Waals surface area contributed by atoms with E-state index in [1.807, 2.05) is 0 Å². The molecule has 0 unspecified atom stereocenters. The van der Waals surface area contributed by atoms with E-state index in [1.54, 1.807) is 18.2 Å². The van der Waals surface area contributed by atoms with E-state index in [2.05, 4.69) is 24.5 Å². The molecule has 2 amide bonds. The lowest BCUT2D eigenvalue weighted by atomic mass is 10.1. The number of nitrogens with one attached hydrogen (secondary N) is 2. The molecule has 4 nitrogen and oxygen atoms in total. The van der Waals surface area contributed by atoms with Crippen LogP contribution in [0.2, 0.25) is 5.02 Å². The zero-order valence-corrected chi connectivity index (χ0v) is 12.2. The highest BCUT2D eigenvalue weighted by atomic mass is 35.5. The van der Waals surface area contributed by atoms with Crippen molar-refractivity contribution in [3.05, 3.63) is 23.2 Å². The zero-order valence-electron chi connectivity index (χ0n) is 11.4. The van der Waals surface area contributed by atoms with E-state index in [1.165, 1.54) is 6.92 Å². The standard InChI is InChI=1S/C14H19ClN2O2/c1-9(2)4-7-14(19)17-11-5-6-12(15)13(8-11)16-10(3)18/h5-6,8-9H,4,7H2,1-3H3,(H,16,18)(H,17,19). The van der Waals surface area contributed by atoms with Crippen LogP contribution in [0.25, 0.3) is 0 Å². The normalized spacial score (nSPS) is 10.4. The average molecular weight is 283 g/mol. The topological polar surface area (TPSA) is 58.2 Å². The van der Waals surface area contributed by atoms with Crippen LogP contribution in [-0.2, 0) is 9.59 Å². The van der Waals surface area contributed by atoms with Gasteiger partial charge in [-0.15, -0.1) is 0 Å². The molecule has 0 radical (unpaired) electrons. The van der Waals surface area contributed by atoms with Gasteiger partial charge in [0.2, 0.25) is 11.8 Å². The van der Waals surface area contributed by atoms with Crippen molar-refractivity contribution in [2.45, 2.75) is 33.6 Å². The second-order valence-corrected chi connectivity index (χ2v) is 5.26. The Kier molecular flexibility index (Phi) is 5.83. The van der Waals surface area contributed by atoms with Gasteiger partial charge in [-0.2, -0.15) is 0 Å². The number of anilines is 2. The van der Waals surface area contributed by atoms with Gasteiger partial charge in [-0.25, -0.2) is 0 Å². The second kappa shape index (κ2) is 7.14. The molecule has 0 aliphatic carbocycles. The van der Waals surface area contributed by atoms with Crippen LogP contribution in [0.1, 0.15) is 33.6 Å². The Morgan fingerprint density at radius 3 is 2.53 bits per heavy atom. The summed E-state index contributed by atoms with van der Waals surface area (Å²) in [5.74, 6) is 0.251. The van der Waals surface area contributed by atoms with Crippen molar-refractivity contribution in [1.82, 2.24) is 0 Å². The molecule has 2 N–H and O–H groups in total. The molecule has 0 heterocycles. The van der Waals surface area contributed by atoms with Crippen LogP contribution in [0.5, 0.6) is 0 Å². The molecule has 0 bridgehead atoms. The number of amides is 2. The predicted octanol–water partition coefficient (Wildman–Crippen LogP) is 3.67. The Morgan fingerprint density at radius 1 is 1.26 bits per heavy atom. The fourth-order valence-electron chi connectivity index (χ4n) is 1.53. The third-order valence-electron chi connectivity index (χ3n) is 2.51. The van der Waals surface area contributed by atoms with E-state index in [4.69, 9.17) is 11.6 Å². The molecule has 1 aromatic carbocycles. The third kappa shape index (κ3) is 5.75. The molecular formula is C14H19ClN2O2. The van der Waals surface area contributed by atoms with E-state index in [0.29, 0.717) is 28.7 Å². The number of carbonyl (C=O) groups is 2. The first-order valence-corrected chi connectivity index (χ1v) is 6.63. The summed E-state index contributed by atoms with van der Waals surface area (Å²) in [5, 5.41) is 5.84. The highest BCUT2D eigenvalue weighted by molar-refractivity contribution is 6.33. The fourth-order valence-corrected chi connectivity index (χ4v) is 1.70. The summed E-state index contributed by atoms with van der Waals surface area (Å²) in [5.41, 5.74) is 1.12. The summed E-state index contributed by atoms with van der Waals surface area (Å²) in [4.78, 5) is 22.7. The van der Waals surface area contributed by atoms with Crippen molar-refractivity contribution in [3.63, 3.8) is 0 Å². The summed E-state index contributed by atoms with van der Waals surface area (Å²) in [6.45, 7) is 5.55. The molecule has 0 aliphatic heterocycles. The average Bonchev–Trinajstić information content (AvgIpc) is 2.30. The van der Waals surface area contributed by atoms with Crippen LogP contribution in [0, 0.1) is 5.92 Å². The van der Waals surface area contributed by atoms with E-state index >= 15 is 0 Å². The minimum atomic E-state index is -0.204. The van der Waals surface area contributed by atoms with Gasteiger partial charge in [0.25, 0.3) is 0 Å². The predicted molar refractivity (Wildman–Crippen MR) is 78.5 cm³/mol. The molecule has 0 saturated heterocycles. The van der Waals surface area contributed by atoms with Gasteiger partial charge in [0.1, 0.15) is 0 Å². The number of hydrogen-bond acceptors (Lipinski definition) is 2. The highest BCUT2D eigenvalue weighted by Crippen LogP contribution is 2.25. The third-order valence-corrected chi connectivity index (χ3v) is 2.84. The van der Waals surface area contributed by atoms with Gasteiger partial charge in [-0.05, 0) is 30.5 Å². The van der Waals surface area contributed by atoms with E-state index in [0.717, 1.165) is 6.42 Å². The van der Waals surface area contributed by atoms with Crippen molar-refractivity contribution < 1.29 is 9.59 Å². The number of rotatable bonds is 5. The Morgan fingerprint density at radius 2 is 1.95 bits per heavy atom. The second-order valence-electron chi connectivity index (χ2n) is 4.86. The van der Waals surface area contributed by atoms with Crippen molar-refractivity contribution in [2.24, 2.45) is 5.92 Å². The highest BCUT2D eigenvalue weighted by Gasteiger charge is 2.07. The van der Waals surface area contributed by atoms with Gasteiger partial charge in [0.15, 0.2) is 0 Å². The quantitative estimate of drug-likeness (QED) is 0.865. The van der Waals surface area contributed by atoms with E-state index in [-0.39, 0.29) is 11.8 Å². The molecule has 0 aromatic heterocycles. The molecule has 104 valence electrons. The molecule has 0 atom stereocenters. The minimum Gasteiger partial charge on any atom is -0.326 e. The fraction of sp³-hybridized carbons (Fsp3) is 0.429. The van der Waals surface area contributed by atoms with Crippen LogP contribution >= 0.6 is 11.6 Å². The maximum atomic E-state index is 11.7. The van der Waals surface area contributed by atoms with Gasteiger partial charge >= 0.3 is 0 Å². The van der Waals surface area contributed by atoms with Crippen molar-refractivity contribution in [2.75, 3.05) is 10.6 Å². The van der Waals surface area contributed by atoms with Gasteiger partial charge in [-0.1, -0.05) is 25.4 Å². The molecule has 0 saturated carbocycles. The Labute approximate surface area is 118 Å². The largest absolute Gasteiger partial charge is 0.326 e. The molecule has 0 aliphatic rings. The number of carbonyl (C=O) groups excluding carboxylic acids is 2. The lowest BCUT2D eigenvalue weighted by Crippen LogP contribution is -2.13. The molecule has 0 fully saturated rings. The SMILES string of the molecule is CC(=O)Nc1cc(NC(=O)CCC(C)C)ccc1Cl. The number of hydrogen-bond donors (Lipinski definition) is 2. The van der Waals surface area contributed by atoms with Crippen LogP contribution < -0.4 is 10.6 Å². The number of benzene rings is 1. The van der Waals surface area contributed by atoms with Crippen LogP contribution in [0.3, 0.4) is 0 Å². The van der Waals surface area contributed by atoms with E-state index in [9.17, 15) is 9.59 Å². The van der Waals surface area contributed by atoms with Gasteiger partial charge in [0.05, 0.1) is 10.7 Å². The van der Waals surface area contributed by atoms with Gasteiger partial charge < -0.3 is 10.6 Å². The molecule has 19 heavy (non-hydrogen) atoms. The van der Waals surface area contributed by atoms with Gasteiger partial charge in [-0.3, -0.25) is 9.59 Å². The smallest absolute Gasteiger partial charge is 0.224 e. The molecule has 0 spiro atoms. The summed E-state index contributed by atoms with van der Waals surface area (Å²) in [6.07, 6.45) is 1.33. The lowest BCUT2D eigenvalue weighted by Gasteiger charge is -2.10. The Bertz CT molecular complexity index is 473. The molecule has 1 rings (SSSR count). The van der Waals surface area contributed by atoms with Gasteiger partial charge in [0, 0.05) is 19.0 Å². The van der Waals surface area contributed by atoms with Crippen molar-refractivity contribution >= 4 is 34.8 Å². The van der Waals surface area contributed by atoms with Crippen LogP contribution in [-0.4, -0.2) is 11.8 Å². The lowest BCUT2D eigenvalue weighted by molar-refractivity contribution is -0.116. The number of halogens is 1. The maximum Gasteiger partial charge on any atom is 0.224 e. The summed E-state index contributed by atoms with van der Waals surface area (Å²) >= 11 is 5.95. The maximum absolute atomic E-state index is 11.7. The van der Waals surface area contributed by atoms with Crippen molar-refractivity contribution in [1.29, 1.82) is 0 Å². The first-order valence-electron chi connectivity index (χ1n) is 6.25. The first-order chi connectivity index (χ1) is 8.88.